The van der Waals surface area contributed by atoms with Crippen molar-refractivity contribution in [3.8, 4) is 0 Å². The standard InChI is InChI=1S/C16H24N2O2/c1-4-5-6-7-14-8-10-15(11-9-14)18-16(20)12(2)17-13(3)19/h8-12H,4-7H2,1-3H3,(H,17,19)(H,18,20). The summed E-state index contributed by atoms with van der Waals surface area (Å²) >= 11 is 0. The average molecular weight is 276 g/mol. The lowest BCUT2D eigenvalue weighted by atomic mass is 10.1. The molecule has 0 saturated carbocycles. The molecule has 110 valence electrons. The van der Waals surface area contributed by atoms with Gasteiger partial charge in [0.25, 0.3) is 0 Å². The van der Waals surface area contributed by atoms with Crippen molar-refractivity contribution in [1.29, 1.82) is 0 Å². The largest absolute Gasteiger partial charge is 0.345 e. The number of hydrogen-bond acceptors (Lipinski definition) is 2. The summed E-state index contributed by atoms with van der Waals surface area (Å²) in [7, 11) is 0. The van der Waals surface area contributed by atoms with E-state index in [1.165, 1.54) is 31.7 Å². The van der Waals surface area contributed by atoms with Gasteiger partial charge in [-0.15, -0.1) is 0 Å². The topological polar surface area (TPSA) is 58.2 Å². The Hall–Kier alpha value is -1.84. The van der Waals surface area contributed by atoms with Crippen molar-refractivity contribution in [3.05, 3.63) is 29.8 Å². The molecule has 0 aliphatic rings. The van der Waals surface area contributed by atoms with Gasteiger partial charge in [-0.1, -0.05) is 31.9 Å². The minimum absolute atomic E-state index is 0.209. The predicted molar refractivity (Wildman–Crippen MR) is 81.6 cm³/mol. The maximum Gasteiger partial charge on any atom is 0.246 e. The molecule has 2 N–H and O–H groups in total. The molecule has 1 rings (SSSR count). The van der Waals surface area contributed by atoms with Crippen LogP contribution in [0.4, 0.5) is 5.69 Å². The molecule has 0 aliphatic heterocycles. The lowest BCUT2D eigenvalue weighted by Crippen LogP contribution is -2.40. The van der Waals surface area contributed by atoms with E-state index in [1.54, 1.807) is 6.92 Å². The number of unbranched alkanes of at least 4 members (excludes halogenated alkanes) is 2. The average Bonchev–Trinajstić information content (AvgIpc) is 2.40. The van der Waals surface area contributed by atoms with Gasteiger partial charge >= 0.3 is 0 Å². The van der Waals surface area contributed by atoms with Crippen molar-refractivity contribution in [2.24, 2.45) is 0 Å². The number of anilines is 1. The van der Waals surface area contributed by atoms with Crippen molar-refractivity contribution in [1.82, 2.24) is 5.32 Å². The zero-order chi connectivity index (χ0) is 15.0. The van der Waals surface area contributed by atoms with E-state index in [9.17, 15) is 9.59 Å². The van der Waals surface area contributed by atoms with Crippen LogP contribution in [0.25, 0.3) is 0 Å². The number of benzene rings is 1. The van der Waals surface area contributed by atoms with Crippen molar-refractivity contribution >= 4 is 17.5 Å². The summed E-state index contributed by atoms with van der Waals surface area (Å²) in [6.07, 6.45) is 4.73. The van der Waals surface area contributed by atoms with Crippen LogP contribution < -0.4 is 10.6 Å². The van der Waals surface area contributed by atoms with E-state index in [1.807, 2.05) is 24.3 Å². The zero-order valence-electron chi connectivity index (χ0n) is 12.5. The molecule has 20 heavy (non-hydrogen) atoms. The smallest absolute Gasteiger partial charge is 0.246 e. The van der Waals surface area contributed by atoms with Gasteiger partial charge in [-0.3, -0.25) is 9.59 Å². The van der Waals surface area contributed by atoms with Crippen LogP contribution in [0.2, 0.25) is 0 Å². The molecule has 1 atom stereocenters. The van der Waals surface area contributed by atoms with Crippen molar-refractivity contribution in [2.75, 3.05) is 5.32 Å². The van der Waals surface area contributed by atoms with Crippen LogP contribution in [0.3, 0.4) is 0 Å². The van der Waals surface area contributed by atoms with Crippen LogP contribution in [0.1, 0.15) is 45.6 Å². The normalized spacial score (nSPS) is 11.8. The number of nitrogens with one attached hydrogen (secondary N) is 2. The van der Waals surface area contributed by atoms with Gasteiger partial charge in [0.1, 0.15) is 6.04 Å². The highest BCUT2D eigenvalue weighted by molar-refractivity contribution is 5.96. The third kappa shape index (κ3) is 5.87. The van der Waals surface area contributed by atoms with Gasteiger partial charge in [0.15, 0.2) is 0 Å². The lowest BCUT2D eigenvalue weighted by Gasteiger charge is -2.13. The Morgan fingerprint density at radius 2 is 1.80 bits per heavy atom. The molecule has 1 aromatic carbocycles. The molecule has 1 unspecified atom stereocenters. The Bertz CT molecular complexity index is 440. The van der Waals surface area contributed by atoms with Gasteiger partial charge in [-0.05, 0) is 37.5 Å². The van der Waals surface area contributed by atoms with E-state index in [2.05, 4.69) is 17.6 Å². The quantitative estimate of drug-likeness (QED) is 0.752. The second kappa shape index (κ2) is 8.35. The fourth-order valence-electron chi connectivity index (χ4n) is 1.95. The molecule has 0 saturated heterocycles. The Labute approximate surface area is 121 Å². The van der Waals surface area contributed by atoms with Crippen LogP contribution in [0, 0.1) is 0 Å². The van der Waals surface area contributed by atoms with Crippen LogP contribution >= 0.6 is 0 Å². The second-order valence-electron chi connectivity index (χ2n) is 5.07. The molecule has 4 nitrogen and oxygen atoms in total. The fourth-order valence-corrected chi connectivity index (χ4v) is 1.95. The molecule has 2 amide bonds. The lowest BCUT2D eigenvalue weighted by molar-refractivity contribution is -0.124. The van der Waals surface area contributed by atoms with E-state index in [0.29, 0.717) is 0 Å². The summed E-state index contributed by atoms with van der Waals surface area (Å²) in [5.74, 6) is -0.419. The van der Waals surface area contributed by atoms with E-state index >= 15 is 0 Å². The summed E-state index contributed by atoms with van der Waals surface area (Å²) in [5.41, 5.74) is 2.04. The highest BCUT2D eigenvalue weighted by Crippen LogP contribution is 2.12. The number of rotatable bonds is 7. The Balaban J connectivity index is 2.48. The Morgan fingerprint density at radius 1 is 1.15 bits per heavy atom. The molecule has 0 spiro atoms. The molecule has 4 heteroatoms. The molecule has 0 heterocycles. The minimum atomic E-state index is -0.531. The van der Waals surface area contributed by atoms with Crippen molar-refractivity contribution < 1.29 is 9.59 Å². The third-order valence-corrected chi connectivity index (χ3v) is 3.10. The first-order valence-electron chi connectivity index (χ1n) is 7.19. The first-order valence-corrected chi connectivity index (χ1v) is 7.19. The molecule has 0 bridgehead atoms. The SMILES string of the molecule is CCCCCc1ccc(NC(=O)C(C)NC(C)=O)cc1. The minimum Gasteiger partial charge on any atom is -0.345 e. The highest BCUT2D eigenvalue weighted by Gasteiger charge is 2.13. The molecule has 1 aromatic rings. The third-order valence-electron chi connectivity index (χ3n) is 3.10. The monoisotopic (exact) mass is 276 g/mol. The number of carbonyl (C=O) groups excluding carboxylic acids is 2. The Kier molecular flexibility index (Phi) is 6.77. The summed E-state index contributed by atoms with van der Waals surface area (Å²) in [5, 5.41) is 5.35. The highest BCUT2D eigenvalue weighted by atomic mass is 16.2. The first-order chi connectivity index (χ1) is 9.52. The second-order valence-corrected chi connectivity index (χ2v) is 5.07. The van der Waals surface area contributed by atoms with Gasteiger partial charge in [-0.2, -0.15) is 0 Å². The number of amides is 2. The maximum absolute atomic E-state index is 11.8. The van der Waals surface area contributed by atoms with Crippen LogP contribution in [0.15, 0.2) is 24.3 Å². The van der Waals surface area contributed by atoms with Gasteiger partial charge < -0.3 is 10.6 Å². The summed E-state index contributed by atoms with van der Waals surface area (Å²) in [6, 6.07) is 7.35. The maximum atomic E-state index is 11.8. The summed E-state index contributed by atoms with van der Waals surface area (Å²) in [4.78, 5) is 22.7. The van der Waals surface area contributed by atoms with Gasteiger partial charge in [0.2, 0.25) is 11.8 Å². The van der Waals surface area contributed by atoms with E-state index in [0.717, 1.165) is 12.1 Å². The predicted octanol–water partition coefficient (Wildman–Crippen LogP) is 2.88. The summed E-state index contributed by atoms with van der Waals surface area (Å²) in [6.45, 7) is 5.25. The number of carbonyl (C=O) groups is 2. The van der Waals surface area contributed by atoms with E-state index in [4.69, 9.17) is 0 Å². The first kappa shape index (κ1) is 16.2. The van der Waals surface area contributed by atoms with Crippen LogP contribution in [-0.2, 0) is 16.0 Å². The summed E-state index contributed by atoms with van der Waals surface area (Å²) < 4.78 is 0. The molecule has 0 radical (unpaired) electrons. The molecular formula is C16H24N2O2. The molecule has 0 aliphatic carbocycles. The molecular weight excluding hydrogens is 252 g/mol. The van der Waals surface area contributed by atoms with Gasteiger partial charge in [-0.25, -0.2) is 0 Å². The molecule has 0 aromatic heterocycles. The van der Waals surface area contributed by atoms with Gasteiger partial charge in [0, 0.05) is 12.6 Å². The van der Waals surface area contributed by atoms with Crippen molar-refractivity contribution in [2.45, 2.75) is 52.5 Å². The fraction of sp³-hybridized carbons (Fsp3) is 0.500. The number of hydrogen-bond donors (Lipinski definition) is 2. The van der Waals surface area contributed by atoms with Gasteiger partial charge in [0.05, 0.1) is 0 Å². The Morgan fingerprint density at radius 3 is 2.35 bits per heavy atom. The van der Waals surface area contributed by atoms with E-state index < -0.39 is 6.04 Å². The zero-order valence-corrected chi connectivity index (χ0v) is 12.5. The number of aryl methyl sites for hydroxylation is 1. The van der Waals surface area contributed by atoms with Crippen LogP contribution in [-0.4, -0.2) is 17.9 Å². The van der Waals surface area contributed by atoms with Crippen molar-refractivity contribution in [3.63, 3.8) is 0 Å². The van der Waals surface area contributed by atoms with E-state index in [-0.39, 0.29) is 11.8 Å². The molecule has 0 fully saturated rings. The van der Waals surface area contributed by atoms with Crippen LogP contribution in [0.5, 0.6) is 0 Å².